The Kier molecular flexibility index (Phi) is 5.16. The average Bonchev–Trinajstić information content (AvgIpc) is 2.36. The second-order valence-corrected chi connectivity index (χ2v) is 6.17. The number of piperidine rings is 1. The van der Waals surface area contributed by atoms with E-state index in [0.29, 0.717) is 13.1 Å². The van der Waals surface area contributed by atoms with Gasteiger partial charge in [-0.2, -0.15) is 17.0 Å². The highest BCUT2D eigenvalue weighted by Gasteiger charge is 2.27. The largest absolute Gasteiger partial charge is 0.409 e. The maximum absolute atomic E-state index is 12.1. The highest BCUT2D eigenvalue weighted by molar-refractivity contribution is 7.86. The molecule has 0 saturated carbocycles. The molecule has 0 aromatic rings. The predicted molar refractivity (Wildman–Crippen MR) is 65.0 cm³/mol. The first-order valence-electron chi connectivity index (χ1n) is 5.66. The summed E-state index contributed by atoms with van der Waals surface area (Å²) in [6.07, 6.45) is 3.13. The van der Waals surface area contributed by atoms with Crippen molar-refractivity contribution in [3.63, 3.8) is 0 Å². The monoisotopic (exact) mass is 264 g/mol. The van der Waals surface area contributed by atoms with E-state index in [9.17, 15) is 8.42 Å². The van der Waals surface area contributed by atoms with Gasteiger partial charge < -0.3 is 10.9 Å². The third-order valence-electron chi connectivity index (χ3n) is 2.85. The number of oxime groups is 1. The normalized spacial score (nSPS) is 19.8. The third kappa shape index (κ3) is 3.83. The highest BCUT2D eigenvalue weighted by atomic mass is 32.2. The quantitative estimate of drug-likeness (QED) is 0.310. The van der Waals surface area contributed by atoms with E-state index >= 15 is 0 Å². The lowest BCUT2D eigenvalue weighted by Crippen LogP contribution is -2.45. The minimum absolute atomic E-state index is 0.0331. The van der Waals surface area contributed by atoms with Crippen molar-refractivity contribution in [2.24, 2.45) is 10.9 Å². The number of rotatable bonds is 5. The van der Waals surface area contributed by atoms with Crippen LogP contribution in [0, 0.1) is 0 Å². The number of hydrogen-bond acceptors (Lipinski definition) is 4. The van der Waals surface area contributed by atoms with Crippen LogP contribution in [0.3, 0.4) is 0 Å². The molecule has 0 aliphatic carbocycles. The van der Waals surface area contributed by atoms with Crippen LogP contribution in [0.4, 0.5) is 0 Å². The van der Waals surface area contributed by atoms with Gasteiger partial charge in [0.15, 0.2) is 0 Å². The SMILES string of the molecule is CN(CC/C(N)=N/O)S(=O)(=O)N1CCCCC1. The Morgan fingerprint density at radius 2 is 2.00 bits per heavy atom. The molecule has 0 unspecified atom stereocenters. The fourth-order valence-electron chi connectivity index (χ4n) is 1.73. The Morgan fingerprint density at radius 3 is 2.53 bits per heavy atom. The van der Waals surface area contributed by atoms with Gasteiger partial charge in [-0.05, 0) is 12.8 Å². The van der Waals surface area contributed by atoms with E-state index < -0.39 is 10.2 Å². The molecular weight excluding hydrogens is 244 g/mol. The van der Waals surface area contributed by atoms with Gasteiger partial charge in [0.1, 0.15) is 5.84 Å². The molecule has 1 saturated heterocycles. The van der Waals surface area contributed by atoms with E-state index in [1.807, 2.05) is 0 Å². The lowest BCUT2D eigenvalue weighted by Gasteiger charge is -2.30. The van der Waals surface area contributed by atoms with E-state index in [2.05, 4.69) is 5.16 Å². The molecule has 3 N–H and O–H groups in total. The Morgan fingerprint density at radius 1 is 1.41 bits per heavy atom. The molecule has 1 aliphatic rings. The van der Waals surface area contributed by atoms with E-state index in [1.54, 1.807) is 0 Å². The first kappa shape index (κ1) is 14.2. The van der Waals surface area contributed by atoms with Gasteiger partial charge in [-0.15, -0.1) is 0 Å². The summed E-state index contributed by atoms with van der Waals surface area (Å²) >= 11 is 0. The first-order chi connectivity index (χ1) is 7.98. The topological polar surface area (TPSA) is 99.2 Å². The highest BCUT2D eigenvalue weighted by Crippen LogP contribution is 2.15. The Balaban J connectivity index is 2.56. The molecule has 1 aliphatic heterocycles. The van der Waals surface area contributed by atoms with Gasteiger partial charge in [0.05, 0.1) is 0 Å². The van der Waals surface area contributed by atoms with Crippen molar-refractivity contribution in [2.75, 3.05) is 26.7 Å². The predicted octanol–water partition coefficient (Wildman–Crippen LogP) is -0.215. The third-order valence-corrected chi connectivity index (χ3v) is 4.83. The zero-order valence-electron chi connectivity index (χ0n) is 10.0. The van der Waals surface area contributed by atoms with Crippen molar-refractivity contribution in [1.82, 2.24) is 8.61 Å². The van der Waals surface area contributed by atoms with Crippen LogP contribution in [0.5, 0.6) is 0 Å². The van der Waals surface area contributed by atoms with E-state index in [0.717, 1.165) is 19.3 Å². The molecule has 0 aromatic heterocycles. The maximum atomic E-state index is 12.1. The summed E-state index contributed by atoms with van der Waals surface area (Å²) < 4.78 is 26.9. The lowest BCUT2D eigenvalue weighted by molar-refractivity contribution is 0.311. The summed E-state index contributed by atoms with van der Waals surface area (Å²) in [7, 11) is -1.88. The molecule has 7 nitrogen and oxygen atoms in total. The first-order valence-corrected chi connectivity index (χ1v) is 7.06. The zero-order chi connectivity index (χ0) is 12.9. The molecule has 100 valence electrons. The Hall–Kier alpha value is -0.860. The molecule has 0 atom stereocenters. The molecule has 1 rings (SSSR count). The van der Waals surface area contributed by atoms with Gasteiger partial charge >= 0.3 is 0 Å². The minimum Gasteiger partial charge on any atom is -0.409 e. The fourth-order valence-corrected chi connectivity index (χ4v) is 3.17. The summed E-state index contributed by atoms with van der Waals surface area (Å²) in [6.45, 7) is 1.38. The molecule has 1 heterocycles. The lowest BCUT2D eigenvalue weighted by atomic mass is 10.2. The van der Waals surface area contributed by atoms with Crippen molar-refractivity contribution in [1.29, 1.82) is 0 Å². The summed E-state index contributed by atoms with van der Waals surface area (Å²) in [5.41, 5.74) is 5.31. The number of nitrogens with two attached hydrogens (primary N) is 1. The van der Waals surface area contributed by atoms with E-state index in [4.69, 9.17) is 10.9 Å². The van der Waals surface area contributed by atoms with Gasteiger partial charge in [-0.25, -0.2) is 0 Å². The smallest absolute Gasteiger partial charge is 0.281 e. The Labute approximate surface area is 102 Å². The second kappa shape index (κ2) is 6.18. The summed E-state index contributed by atoms with van der Waals surface area (Å²) in [5.74, 6) is 0.0331. The standard InChI is InChI=1S/C9H20N4O3S/c1-12(8-5-9(10)11-14)17(15,16)13-6-3-2-4-7-13/h14H,2-8H2,1H3,(H2,10,11). The summed E-state index contributed by atoms with van der Waals surface area (Å²) in [5, 5.41) is 11.2. The summed E-state index contributed by atoms with van der Waals surface area (Å²) in [4.78, 5) is 0. The van der Waals surface area contributed by atoms with Crippen molar-refractivity contribution in [3.8, 4) is 0 Å². The van der Waals surface area contributed by atoms with Crippen LogP contribution in [-0.2, 0) is 10.2 Å². The van der Waals surface area contributed by atoms with E-state index in [1.165, 1.54) is 15.7 Å². The molecule has 17 heavy (non-hydrogen) atoms. The molecule has 0 spiro atoms. The summed E-state index contributed by atoms with van der Waals surface area (Å²) in [6, 6.07) is 0. The zero-order valence-corrected chi connectivity index (χ0v) is 10.9. The molecule has 8 heteroatoms. The van der Waals surface area contributed by atoms with Crippen LogP contribution in [0.1, 0.15) is 25.7 Å². The molecular formula is C9H20N4O3S. The van der Waals surface area contributed by atoms with Crippen LogP contribution in [0.25, 0.3) is 0 Å². The van der Waals surface area contributed by atoms with E-state index in [-0.39, 0.29) is 18.8 Å². The minimum atomic E-state index is -3.39. The fraction of sp³-hybridized carbons (Fsp3) is 0.889. The van der Waals surface area contributed by atoms with Crippen LogP contribution in [0.15, 0.2) is 5.16 Å². The van der Waals surface area contributed by atoms with Crippen molar-refractivity contribution < 1.29 is 13.6 Å². The van der Waals surface area contributed by atoms with Crippen LogP contribution >= 0.6 is 0 Å². The molecule has 0 amide bonds. The van der Waals surface area contributed by atoms with Gasteiger partial charge in [-0.1, -0.05) is 11.6 Å². The average molecular weight is 264 g/mol. The van der Waals surface area contributed by atoms with Gasteiger partial charge in [0.2, 0.25) is 0 Å². The van der Waals surface area contributed by atoms with Gasteiger partial charge in [0.25, 0.3) is 10.2 Å². The van der Waals surface area contributed by atoms with Crippen LogP contribution in [0.2, 0.25) is 0 Å². The van der Waals surface area contributed by atoms with Gasteiger partial charge in [-0.3, -0.25) is 0 Å². The maximum Gasteiger partial charge on any atom is 0.281 e. The number of nitrogens with zero attached hydrogens (tertiary/aromatic N) is 3. The molecule has 1 fully saturated rings. The second-order valence-electron chi connectivity index (χ2n) is 4.13. The Bertz CT molecular complexity index is 362. The molecule has 0 radical (unpaired) electrons. The van der Waals surface area contributed by atoms with Crippen LogP contribution in [-0.4, -0.2) is 54.8 Å². The molecule has 0 aromatic carbocycles. The van der Waals surface area contributed by atoms with Crippen molar-refractivity contribution in [3.05, 3.63) is 0 Å². The van der Waals surface area contributed by atoms with Crippen molar-refractivity contribution in [2.45, 2.75) is 25.7 Å². The van der Waals surface area contributed by atoms with Crippen LogP contribution < -0.4 is 5.73 Å². The van der Waals surface area contributed by atoms with Crippen molar-refractivity contribution >= 4 is 16.0 Å². The number of amidine groups is 1. The molecule has 0 bridgehead atoms. The van der Waals surface area contributed by atoms with Gasteiger partial charge in [0, 0.05) is 33.1 Å². The number of hydrogen-bond donors (Lipinski definition) is 2.